The molecule has 1 aromatic heterocycles. The van der Waals surface area contributed by atoms with Gasteiger partial charge >= 0.3 is 0 Å². The van der Waals surface area contributed by atoms with Crippen molar-refractivity contribution in [3.8, 4) is 17.0 Å². The van der Waals surface area contributed by atoms with Crippen LogP contribution in [0, 0.1) is 5.82 Å². The molecule has 154 valence electrons. The van der Waals surface area contributed by atoms with Crippen LogP contribution >= 0.6 is 35.0 Å². The van der Waals surface area contributed by atoms with Crippen molar-refractivity contribution >= 4 is 40.9 Å². The summed E-state index contributed by atoms with van der Waals surface area (Å²) in [6.45, 7) is 0.651. The molecule has 9 heteroatoms. The fourth-order valence-electron chi connectivity index (χ4n) is 3.32. The molecule has 0 saturated carbocycles. The van der Waals surface area contributed by atoms with Gasteiger partial charge in [-0.25, -0.2) is 14.4 Å². The fraction of sp³-hybridized carbons (Fsp3) is 0.190. The van der Waals surface area contributed by atoms with E-state index in [-0.39, 0.29) is 11.7 Å². The molecule has 30 heavy (non-hydrogen) atoms. The summed E-state index contributed by atoms with van der Waals surface area (Å²) in [5.74, 6) is -0.0641. The average molecular weight is 464 g/mol. The van der Waals surface area contributed by atoms with Gasteiger partial charge in [-0.05, 0) is 36.1 Å². The predicted molar refractivity (Wildman–Crippen MR) is 116 cm³/mol. The molecule has 0 atom stereocenters. The lowest BCUT2D eigenvalue weighted by Crippen LogP contribution is -2.23. The van der Waals surface area contributed by atoms with Crippen LogP contribution in [0.1, 0.15) is 21.6 Å². The number of carbonyl (C=O) groups is 1. The zero-order valence-corrected chi connectivity index (χ0v) is 18.4. The Labute approximate surface area is 187 Å². The largest absolute Gasteiger partial charge is 0.495 e. The van der Waals surface area contributed by atoms with E-state index in [2.05, 4.69) is 9.97 Å². The van der Waals surface area contributed by atoms with Gasteiger partial charge in [-0.2, -0.15) is 0 Å². The maximum Gasteiger partial charge on any atom is 0.273 e. The summed E-state index contributed by atoms with van der Waals surface area (Å²) >= 11 is 14.0. The minimum atomic E-state index is -0.320. The van der Waals surface area contributed by atoms with Gasteiger partial charge in [0.05, 0.1) is 29.4 Å². The molecule has 2 heterocycles. The second-order valence-corrected chi connectivity index (χ2v) is 8.23. The fourth-order valence-corrected chi connectivity index (χ4v) is 4.24. The van der Waals surface area contributed by atoms with Gasteiger partial charge in [0, 0.05) is 17.7 Å². The molecule has 0 spiro atoms. The van der Waals surface area contributed by atoms with E-state index in [0.29, 0.717) is 56.6 Å². The van der Waals surface area contributed by atoms with Crippen LogP contribution in [0.25, 0.3) is 11.3 Å². The van der Waals surface area contributed by atoms with Crippen molar-refractivity contribution in [1.29, 1.82) is 0 Å². The maximum atomic E-state index is 13.2. The summed E-state index contributed by atoms with van der Waals surface area (Å²) in [6, 6.07) is 9.38. The third-order valence-corrected chi connectivity index (χ3v) is 5.95. The van der Waals surface area contributed by atoms with Crippen molar-refractivity contribution in [2.24, 2.45) is 0 Å². The van der Waals surface area contributed by atoms with Gasteiger partial charge in [0.25, 0.3) is 5.91 Å². The number of rotatable bonds is 5. The number of thioether (sulfide) groups is 1. The van der Waals surface area contributed by atoms with Gasteiger partial charge in [0.1, 0.15) is 17.3 Å². The number of methoxy groups -OCH3 is 1. The number of amides is 1. The molecule has 1 amide bonds. The summed E-state index contributed by atoms with van der Waals surface area (Å²) < 4.78 is 18.5. The van der Waals surface area contributed by atoms with Crippen LogP contribution in [-0.4, -0.2) is 34.1 Å². The van der Waals surface area contributed by atoms with Crippen LogP contribution in [0.5, 0.6) is 5.75 Å². The highest BCUT2D eigenvalue weighted by Crippen LogP contribution is 2.40. The van der Waals surface area contributed by atoms with Gasteiger partial charge in [-0.3, -0.25) is 4.79 Å². The first-order valence-corrected chi connectivity index (χ1v) is 10.9. The molecule has 5 nitrogen and oxygen atoms in total. The number of halogens is 3. The van der Waals surface area contributed by atoms with Crippen molar-refractivity contribution in [2.75, 3.05) is 13.4 Å². The highest BCUT2D eigenvalue weighted by molar-refractivity contribution is 7.98. The second-order valence-electron chi connectivity index (χ2n) is 6.64. The van der Waals surface area contributed by atoms with Crippen LogP contribution in [0.3, 0.4) is 0 Å². The minimum absolute atomic E-state index is 0.203. The molecule has 4 rings (SSSR count). The third-order valence-electron chi connectivity index (χ3n) is 4.79. The number of benzene rings is 2. The molecule has 0 unspecified atom stereocenters. The number of ether oxygens (including phenoxy) is 1. The smallest absolute Gasteiger partial charge is 0.273 e. The van der Waals surface area contributed by atoms with Gasteiger partial charge in [-0.15, -0.1) is 0 Å². The van der Waals surface area contributed by atoms with E-state index >= 15 is 0 Å². The molecule has 1 aliphatic rings. The molecule has 1 aliphatic heterocycles. The van der Waals surface area contributed by atoms with Gasteiger partial charge in [0.2, 0.25) is 0 Å². The summed E-state index contributed by atoms with van der Waals surface area (Å²) in [5, 5.41) is 1.25. The van der Waals surface area contributed by atoms with E-state index in [1.165, 1.54) is 31.0 Å². The first kappa shape index (κ1) is 20.9. The molecular weight excluding hydrogens is 448 g/mol. The van der Waals surface area contributed by atoms with Crippen molar-refractivity contribution in [1.82, 2.24) is 14.9 Å². The molecule has 0 aliphatic carbocycles. The van der Waals surface area contributed by atoms with Crippen molar-refractivity contribution < 1.29 is 13.9 Å². The Bertz CT molecular complexity index is 1140. The molecule has 0 radical (unpaired) electrons. The van der Waals surface area contributed by atoms with Crippen molar-refractivity contribution in [2.45, 2.75) is 18.2 Å². The van der Waals surface area contributed by atoms with Crippen LogP contribution in [0.15, 0.2) is 41.6 Å². The molecule has 2 aromatic carbocycles. The number of hydrogen-bond donors (Lipinski definition) is 0. The standard InChI is InChI=1S/C21H16Cl2FN3O2S/c1-29-17-7-13(15(22)8-16(17)23)18-14-10-27(9-11-3-5-12(24)6-4-11)20(28)19(14)26-21(25-18)30-2/h3-8H,9-10H2,1-2H3. The van der Waals surface area contributed by atoms with E-state index in [0.717, 1.165) is 5.56 Å². The number of fused-ring (bicyclic) bond motifs is 1. The lowest BCUT2D eigenvalue weighted by molar-refractivity contribution is 0.0762. The minimum Gasteiger partial charge on any atom is -0.495 e. The van der Waals surface area contributed by atoms with Crippen molar-refractivity contribution in [3.05, 3.63) is 69.1 Å². The lowest BCUT2D eigenvalue weighted by Gasteiger charge is -2.15. The molecule has 0 N–H and O–H groups in total. The van der Waals surface area contributed by atoms with Crippen LogP contribution in [-0.2, 0) is 13.1 Å². The molecule has 3 aromatic rings. The van der Waals surface area contributed by atoms with Crippen molar-refractivity contribution in [3.63, 3.8) is 0 Å². The predicted octanol–water partition coefficient (Wildman–Crippen LogP) is 5.48. The summed E-state index contributed by atoms with van der Waals surface area (Å²) in [4.78, 5) is 23.8. The zero-order chi connectivity index (χ0) is 21.4. The average Bonchev–Trinajstić information content (AvgIpc) is 3.05. The molecule has 0 bridgehead atoms. The number of nitrogens with zero attached hydrogens (tertiary/aromatic N) is 3. The number of aromatic nitrogens is 2. The zero-order valence-electron chi connectivity index (χ0n) is 16.1. The lowest BCUT2D eigenvalue weighted by atomic mass is 10.1. The normalized spacial score (nSPS) is 13.0. The molecule has 0 saturated heterocycles. The monoisotopic (exact) mass is 463 g/mol. The third kappa shape index (κ3) is 3.85. The molecule has 0 fully saturated rings. The van der Waals surface area contributed by atoms with E-state index < -0.39 is 0 Å². The second kappa shape index (κ2) is 8.41. The quantitative estimate of drug-likeness (QED) is 0.370. The first-order valence-electron chi connectivity index (χ1n) is 8.93. The highest BCUT2D eigenvalue weighted by atomic mass is 35.5. The number of hydrogen-bond acceptors (Lipinski definition) is 5. The number of carbonyl (C=O) groups excluding carboxylic acids is 1. The Hall–Kier alpha value is -2.35. The molecular formula is C21H16Cl2FN3O2S. The summed E-state index contributed by atoms with van der Waals surface area (Å²) in [7, 11) is 1.52. The Morgan fingerprint density at radius 2 is 1.83 bits per heavy atom. The summed E-state index contributed by atoms with van der Waals surface area (Å²) in [5.41, 5.74) is 3.04. The highest BCUT2D eigenvalue weighted by Gasteiger charge is 2.33. The van der Waals surface area contributed by atoms with E-state index in [1.54, 1.807) is 29.2 Å². The maximum absolute atomic E-state index is 13.2. The Morgan fingerprint density at radius 1 is 1.13 bits per heavy atom. The van der Waals surface area contributed by atoms with Crippen LogP contribution < -0.4 is 4.74 Å². The van der Waals surface area contributed by atoms with Gasteiger partial charge in [-0.1, -0.05) is 47.1 Å². The first-order chi connectivity index (χ1) is 14.4. The van der Waals surface area contributed by atoms with E-state index in [9.17, 15) is 9.18 Å². The van der Waals surface area contributed by atoms with Crippen LogP contribution in [0.4, 0.5) is 4.39 Å². The van der Waals surface area contributed by atoms with Crippen LogP contribution in [0.2, 0.25) is 10.0 Å². The Morgan fingerprint density at radius 3 is 2.50 bits per heavy atom. The SMILES string of the molecule is COc1cc(-c2nc(SC)nc3c2CN(Cc2ccc(F)cc2)C3=O)c(Cl)cc1Cl. The van der Waals surface area contributed by atoms with E-state index in [4.69, 9.17) is 27.9 Å². The summed E-state index contributed by atoms with van der Waals surface area (Å²) in [6.07, 6.45) is 1.84. The van der Waals surface area contributed by atoms with E-state index in [1.807, 2.05) is 6.26 Å². The Balaban J connectivity index is 1.78. The Kier molecular flexibility index (Phi) is 5.86. The van der Waals surface area contributed by atoms with Gasteiger partial charge < -0.3 is 9.64 Å². The van der Waals surface area contributed by atoms with Gasteiger partial charge in [0.15, 0.2) is 5.16 Å². The topological polar surface area (TPSA) is 55.3 Å².